The van der Waals surface area contributed by atoms with Crippen LogP contribution in [-0.2, 0) is 4.74 Å². The highest BCUT2D eigenvalue weighted by atomic mass is 16.5. The molecule has 0 aliphatic rings. The second-order valence-electron chi connectivity index (χ2n) is 4.80. The molecule has 0 bridgehead atoms. The van der Waals surface area contributed by atoms with Gasteiger partial charge in [0, 0.05) is 24.4 Å². The minimum Gasteiger partial charge on any atom is -0.497 e. The number of nitrogens with one attached hydrogen (secondary N) is 1. The largest absolute Gasteiger partial charge is 0.497 e. The fourth-order valence-corrected chi connectivity index (χ4v) is 2.21. The third-order valence-electron chi connectivity index (χ3n) is 3.32. The predicted molar refractivity (Wildman–Crippen MR) is 82.3 cm³/mol. The van der Waals surface area contributed by atoms with Crippen LogP contribution in [0, 0.1) is 0 Å². The molecular formula is C16H16N2O4. The predicted octanol–water partition coefficient (Wildman–Crippen LogP) is 2.37. The summed E-state index contributed by atoms with van der Waals surface area (Å²) < 4.78 is 15.6. The van der Waals surface area contributed by atoms with E-state index >= 15 is 0 Å². The molecule has 2 aromatic heterocycles. The van der Waals surface area contributed by atoms with Crippen LogP contribution in [0.5, 0.6) is 5.75 Å². The van der Waals surface area contributed by atoms with E-state index < -0.39 is 0 Å². The van der Waals surface area contributed by atoms with Crippen molar-refractivity contribution >= 4 is 27.9 Å². The Hall–Kier alpha value is -2.60. The molecule has 0 fully saturated rings. The second kappa shape index (κ2) is 6.03. The number of nitrogens with zero attached hydrogens (tertiary/aromatic N) is 1. The molecule has 0 saturated heterocycles. The summed E-state index contributed by atoms with van der Waals surface area (Å²) in [5.74, 6) is 0.715. The summed E-state index contributed by atoms with van der Waals surface area (Å²) in [6.45, 7) is 0.882. The van der Waals surface area contributed by atoms with E-state index in [0.717, 1.165) is 22.0 Å². The van der Waals surface area contributed by atoms with Crippen LogP contribution in [0.15, 0.2) is 34.7 Å². The van der Waals surface area contributed by atoms with Gasteiger partial charge in [0.2, 0.25) is 5.71 Å². The van der Waals surface area contributed by atoms with Crippen LogP contribution in [0.25, 0.3) is 22.0 Å². The number of carbonyl (C=O) groups is 1. The molecular weight excluding hydrogens is 284 g/mol. The van der Waals surface area contributed by atoms with E-state index in [1.165, 1.54) is 0 Å². The number of aromatic nitrogens is 1. The van der Waals surface area contributed by atoms with E-state index in [4.69, 9.17) is 13.9 Å². The molecule has 0 unspecified atom stereocenters. The van der Waals surface area contributed by atoms with E-state index in [1.54, 1.807) is 20.3 Å². The zero-order chi connectivity index (χ0) is 15.5. The summed E-state index contributed by atoms with van der Waals surface area (Å²) in [4.78, 5) is 16.4. The fraction of sp³-hybridized carbons (Fsp3) is 0.250. The van der Waals surface area contributed by atoms with Crippen molar-refractivity contribution in [2.24, 2.45) is 0 Å². The Morgan fingerprint density at radius 3 is 2.86 bits per heavy atom. The van der Waals surface area contributed by atoms with Crippen LogP contribution in [0.4, 0.5) is 0 Å². The Kier molecular flexibility index (Phi) is 3.93. The quantitative estimate of drug-likeness (QED) is 0.732. The van der Waals surface area contributed by atoms with Crippen LogP contribution in [-0.4, -0.2) is 38.3 Å². The minimum absolute atomic E-state index is 0.237. The Labute approximate surface area is 127 Å². The standard InChI is InChI=1S/C16H16N2O4/c1-20-6-5-17-15(19)14-9-11-7-10-8-12(21-2)3-4-13(10)18-16(11)22-14/h3-4,7-9H,5-6H2,1-2H3,(H,17,19). The number of carbonyl (C=O) groups excluding carboxylic acids is 1. The number of amides is 1. The molecule has 2 heterocycles. The van der Waals surface area contributed by atoms with Crippen molar-refractivity contribution in [3.8, 4) is 5.75 Å². The van der Waals surface area contributed by atoms with Crippen molar-refractivity contribution in [2.45, 2.75) is 0 Å². The number of hydrogen-bond acceptors (Lipinski definition) is 5. The Balaban J connectivity index is 1.95. The zero-order valence-corrected chi connectivity index (χ0v) is 12.4. The van der Waals surface area contributed by atoms with E-state index in [1.807, 2.05) is 24.3 Å². The maximum absolute atomic E-state index is 12.0. The summed E-state index contributed by atoms with van der Waals surface area (Å²) >= 11 is 0. The SMILES string of the molecule is COCCNC(=O)c1cc2cc3cc(OC)ccc3nc2o1. The molecule has 6 heteroatoms. The van der Waals surface area contributed by atoms with Crippen molar-refractivity contribution in [3.63, 3.8) is 0 Å². The lowest BCUT2D eigenvalue weighted by Crippen LogP contribution is -2.26. The van der Waals surface area contributed by atoms with Gasteiger partial charge in [-0.25, -0.2) is 4.98 Å². The summed E-state index contributed by atoms with van der Waals surface area (Å²) in [5, 5.41) is 4.42. The first-order chi connectivity index (χ1) is 10.7. The van der Waals surface area contributed by atoms with Gasteiger partial charge in [-0.3, -0.25) is 4.79 Å². The monoisotopic (exact) mass is 300 g/mol. The number of hydrogen-bond donors (Lipinski definition) is 1. The van der Waals surface area contributed by atoms with Gasteiger partial charge in [0.15, 0.2) is 5.76 Å². The highest BCUT2D eigenvalue weighted by Gasteiger charge is 2.13. The normalized spacial score (nSPS) is 11.0. The number of methoxy groups -OCH3 is 2. The average Bonchev–Trinajstić information content (AvgIpc) is 2.95. The van der Waals surface area contributed by atoms with E-state index in [9.17, 15) is 4.79 Å². The van der Waals surface area contributed by atoms with Gasteiger partial charge in [-0.1, -0.05) is 0 Å². The molecule has 0 aliphatic heterocycles. The lowest BCUT2D eigenvalue weighted by molar-refractivity contribution is 0.0911. The maximum Gasteiger partial charge on any atom is 0.287 e. The van der Waals surface area contributed by atoms with Gasteiger partial charge in [0.05, 0.1) is 19.2 Å². The van der Waals surface area contributed by atoms with E-state index in [-0.39, 0.29) is 11.7 Å². The number of rotatable bonds is 5. The Morgan fingerprint density at radius 2 is 2.09 bits per heavy atom. The number of fused-ring (bicyclic) bond motifs is 2. The molecule has 1 N–H and O–H groups in total. The molecule has 1 amide bonds. The van der Waals surface area contributed by atoms with Crippen LogP contribution in [0.1, 0.15) is 10.6 Å². The number of pyridine rings is 1. The van der Waals surface area contributed by atoms with Gasteiger partial charge in [0.25, 0.3) is 5.91 Å². The van der Waals surface area contributed by atoms with Gasteiger partial charge in [0.1, 0.15) is 5.75 Å². The van der Waals surface area contributed by atoms with Gasteiger partial charge in [-0.15, -0.1) is 0 Å². The molecule has 0 radical (unpaired) electrons. The highest BCUT2D eigenvalue weighted by Crippen LogP contribution is 2.25. The number of furan rings is 1. The third kappa shape index (κ3) is 2.73. The van der Waals surface area contributed by atoms with Crippen LogP contribution < -0.4 is 10.1 Å². The third-order valence-corrected chi connectivity index (χ3v) is 3.32. The summed E-state index contributed by atoms with van der Waals surface area (Å²) in [6, 6.07) is 9.20. The summed E-state index contributed by atoms with van der Waals surface area (Å²) in [5.41, 5.74) is 1.23. The van der Waals surface area contributed by atoms with Crippen molar-refractivity contribution in [3.05, 3.63) is 36.1 Å². The first-order valence-electron chi connectivity index (χ1n) is 6.87. The first kappa shape index (κ1) is 14.3. The van der Waals surface area contributed by atoms with Crippen molar-refractivity contribution in [1.82, 2.24) is 10.3 Å². The lowest BCUT2D eigenvalue weighted by Gasteiger charge is -2.01. The Morgan fingerprint density at radius 1 is 1.23 bits per heavy atom. The number of benzene rings is 1. The molecule has 0 saturated carbocycles. The maximum atomic E-state index is 12.0. The second-order valence-corrected chi connectivity index (χ2v) is 4.80. The van der Waals surface area contributed by atoms with E-state index in [0.29, 0.717) is 18.9 Å². The topological polar surface area (TPSA) is 73.6 Å². The smallest absolute Gasteiger partial charge is 0.287 e. The van der Waals surface area contributed by atoms with Crippen LogP contribution >= 0.6 is 0 Å². The Bertz CT molecular complexity index is 825. The van der Waals surface area contributed by atoms with Crippen LogP contribution in [0.3, 0.4) is 0 Å². The average molecular weight is 300 g/mol. The fourth-order valence-electron chi connectivity index (χ4n) is 2.21. The van der Waals surface area contributed by atoms with Gasteiger partial charge in [-0.05, 0) is 30.3 Å². The summed E-state index contributed by atoms with van der Waals surface area (Å²) in [7, 11) is 3.20. The van der Waals surface area contributed by atoms with Crippen molar-refractivity contribution in [2.75, 3.05) is 27.4 Å². The lowest BCUT2D eigenvalue weighted by atomic mass is 10.2. The molecule has 1 aromatic carbocycles. The summed E-state index contributed by atoms with van der Waals surface area (Å²) in [6.07, 6.45) is 0. The minimum atomic E-state index is -0.281. The molecule has 22 heavy (non-hydrogen) atoms. The van der Waals surface area contributed by atoms with Crippen molar-refractivity contribution in [1.29, 1.82) is 0 Å². The van der Waals surface area contributed by atoms with Gasteiger partial charge in [-0.2, -0.15) is 0 Å². The van der Waals surface area contributed by atoms with Gasteiger partial charge >= 0.3 is 0 Å². The highest BCUT2D eigenvalue weighted by molar-refractivity contribution is 5.98. The molecule has 114 valence electrons. The molecule has 0 atom stereocenters. The van der Waals surface area contributed by atoms with E-state index in [2.05, 4.69) is 10.3 Å². The first-order valence-corrected chi connectivity index (χ1v) is 6.87. The molecule has 3 rings (SSSR count). The molecule has 0 aliphatic carbocycles. The molecule has 0 spiro atoms. The number of ether oxygens (including phenoxy) is 2. The molecule has 3 aromatic rings. The zero-order valence-electron chi connectivity index (χ0n) is 12.4. The van der Waals surface area contributed by atoms with Crippen LogP contribution in [0.2, 0.25) is 0 Å². The molecule has 6 nitrogen and oxygen atoms in total. The van der Waals surface area contributed by atoms with Crippen molar-refractivity contribution < 1.29 is 18.7 Å². The van der Waals surface area contributed by atoms with Gasteiger partial charge < -0.3 is 19.2 Å².